The molecule has 1 aliphatic rings. The zero-order chi connectivity index (χ0) is 11.6. The van der Waals surface area contributed by atoms with Crippen LogP contribution in [0.4, 0.5) is 0 Å². The average molecular weight is 265 g/mol. The molecule has 0 aromatic rings. The monoisotopic (exact) mass is 264 g/mol. The predicted molar refractivity (Wildman–Crippen MR) is 71.6 cm³/mol. The Morgan fingerprint density at radius 2 is 2.35 bits per heavy atom. The molecule has 1 fully saturated rings. The number of carbonyl (C=O) groups excluding carboxylic acids is 1. The number of rotatable bonds is 7. The summed E-state index contributed by atoms with van der Waals surface area (Å²) in [5, 5.41) is 6.34. The highest BCUT2D eigenvalue weighted by atomic mass is 35.5. The summed E-state index contributed by atoms with van der Waals surface area (Å²) in [5.74, 6) is 0.773. The molecule has 5 heteroatoms. The van der Waals surface area contributed by atoms with Gasteiger partial charge >= 0.3 is 0 Å². The van der Waals surface area contributed by atoms with Gasteiger partial charge in [0.15, 0.2) is 0 Å². The van der Waals surface area contributed by atoms with Gasteiger partial charge in [-0.05, 0) is 45.2 Å². The maximum atomic E-state index is 11.5. The number of hydrogen-bond donors (Lipinski definition) is 2. The second-order valence-electron chi connectivity index (χ2n) is 4.32. The van der Waals surface area contributed by atoms with Crippen LogP contribution in [0.5, 0.6) is 0 Å². The van der Waals surface area contributed by atoms with E-state index in [0.29, 0.717) is 18.9 Å². The van der Waals surface area contributed by atoms with Crippen LogP contribution in [-0.4, -0.2) is 38.8 Å². The van der Waals surface area contributed by atoms with Crippen LogP contribution in [0, 0.1) is 5.92 Å². The smallest absolute Gasteiger partial charge is 0.220 e. The van der Waals surface area contributed by atoms with Crippen LogP contribution in [0.2, 0.25) is 0 Å². The van der Waals surface area contributed by atoms with Gasteiger partial charge in [-0.2, -0.15) is 0 Å². The quantitative estimate of drug-likeness (QED) is 0.683. The fourth-order valence-electron chi connectivity index (χ4n) is 1.92. The number of carbonyl (C=O) groups is 1. The molecule has 1 aliphatic heterocycles. The van der Waals surface area contributed by atoms with Gasteiger partial charge in [-0.1, -0.05) is 0 Å². The minimum atomic E-state index is 0. The Hall–Kier alpha value is -0.320. The molecule has 0 bridgehead atoms. The minimum Gasteiger partial charge on any atom is -0.382 e. The fraction of sp³-hybridized carbons (Fsp3) is 0.917. The molecule has 1 rings (SSSR count). The van der Waals surface area contributed by atoms with Crippen molar-refractivity contribution in [3.05, 3.63) is 0 Å². The normalized spacial score (nSPS) is 19.5. The summed E-state index contributed by atoms with van der Waals surface area (Å²) in [6, 6.07) is 0. The number of halogens is 1. The van der Waals surface area contributed by atoms with Crippen LogP contribution in [0.1, 0.15) is 32.6 Å². The molecule has 0 saturated carbocycles. The molecular weight excluding hydrogens is 240 g/mol. The predicted octanol–water partition coefficient (Wildman–Crippen LogP) is 1.34. The molecule has 1 unspecified atom stereocenters. The number of amides is 1. The molecule has 0 radical (unpaired) electrons. The van der Waals surface area contributed by atoms with Crippen LogP contribution >= 0.6 is 12.4 Å². The molecule has 1 saturated heterocycles. The molecule has 0 aromatic heterocycles. The molecule has 1 amide bonds. The van der Waals surface area contributed by atoms with Gasteiger partial charge in [-0.3, -0.25) is 4.79 Å². The lowest BCUT2D eigenvalue weighted by Crippen LogP contribution is -2.38. The van der Waals surface area contributed by atoms with Crippen LogP contribution in [0.15, 0.2) is 0 Å². The molecule has 2 N–H and O–H groups in total. The lowest BCUT2D eigenvalue weighted by Gasteiger charge is -2.22. The van der Waals surface area contributed by atoms with E-state index in [1.165, 1.54) is 12.8 Å². The van der Waals surface area contributed by atoms with Crippen LogP contribution < -0.4 is 10.6 Å². The summed E-state index contributed by atoms with van der Waals surface area (Å²) >= 11 is 0. The average Bonchev–Trinajstić information content (AvgIpc) is 2.33. The summed E-state index contributed by atoms with van der Waals surface area (Å²) in [6.45, 7) is 6.37. The van der Waals surface area contributed by atoms with E-state index < -0.39 is 0 Å². The fourth-order valence-corrected chi connectivity index (χ4v) is 1.92. The van der Waals surface area contributed by atoms with Crippen LogP contribution in [0.3, 0.4) is 0 Å². The topological polar surface area (TPSA) is 50.4 Å². The van der Waals surface area contributed by atoms with Crippen molar-refractivity contribution in [2.75, 3.05) is 32.8 Å². The van der Waals surface area contributed by atoms with Gasteiger partial charge in [0.05, 0.1) is 0 Å². The first-order valence-electron chi connectivity index (χ1n) is 6.38. The summed E-state index contributed by atoms with van der Waals surface area (Å²) in [4.78, 5) is 11.5. The maximum absolute atomic E-state index is 11.5. The highest BCUT2D eigenvalue weighted by molar-refractivity contribution is 5.85. The van der Waals surface area contributed by atoms with E-state index in [1.807, 2.05) is 6.92 Å². The van der Waals surface area contributed by atoms with Crippen molar-refractivity contribution in [1.82, 2.24) is 10.6 Å². The second-order valence-corrected chi connectivity index (χ2v) is 4.32. The van der Waals surface area contributed by atoms with Crippen molar-refractivity contribution in [1.29, 1.82) is 0 Å². The third-order valence-electron chi connectivity index (χ3n) is 2.88. The first-order chi connectivity index (χ1) is 7.83. The maximum Gasteiger partial charge on any atom is 0.220 e. The van der Waals surface area contributed by atoms with Crippen LogP contribution in [0.25, 0.3) is 0 Å². The van der Waals surface area contributed by atoms with Gasteiger partial charge in [-0.25, -0.2) is 0 Å². The Balaban J connectivity index is 0.00000256. The molecule has 0 aliphatic carbocycles. The lowest BCUT2D eigenvalue weighted by atomic mass is 10.00. The standard InChI is InChI=1S/C12H24N2O2.ClH/c1-2-16-8-4-6-12(15)14-10-11-5-3-7-13-9-11;/h11,13H,2-10H2,1H3,(H,14,15);1H. The van der Waals surface area contributed by atoms with Gasteiger partial charge in [0.25, 0.3) is 0 Å². The van der Waals surface area contributed by atoms with E-state index >= 15 is 0 Å². The van der Waals surface area contributed by atoms with Gasteiger partial charge < -0.3 is 15.4 Å². The number of nitrogens with one attached hydrogen (secondary N) is 2. The summed E-state index contributed by atoms with van der Waals surface area (Å²) in [6.07, 6.45) is 3.86. The van der Waals surface area contributed by atoms with E-state index in [0.717, 1.165) is 32.7 Å². The van der Waals surface area contributed by atoms with Gasteiger partial charge in [0.1, 0.15) is 0 Å². The second kappa shape index (κ2) is 10.8. The zero-order valence-electron chi connectivity index (χ0n) is 10.7. The van der Waals surface area contributed by atoms with Gasteiger partial charge in [0, 0.05) is 26.2 Å². The Labute approximate surface area is 110 Å². The largest absolute Gasteiger partial charge is 0.382 e. The number of hydrogen-bond acceptors (Lipinski definition) is 3. The molecule has 4 nitrogen and oxygen atoms in total. The molecule has 0 spiro atoms. The van der Waals surface area contributed by atoms with Crippen molar-refractivity contribution in [3.63, 3.8) is 0 Å². The number of ether oxygens (including phenoxy) is 1. The number of piperidine rings is 1. The summed E-state index contributed by atoms with van der Waals surface area (Å²) < 4.78 is 5.19. The highest BCUT2D eigenvalue weighted by Gasteiger charge is 2.13. The van der Waals surface area contributed by atoms with Crippen molar-refractivity contribution in [2.45, 2.75) is 32.6 Å². The Kier molecular flexibility index (Phi) is 10.6. The Morgan fingerprint density at radius 1 is 1.53 bits per heavy atom. The van der Waals surface area contributed by atoms with E-state index in [9.17, 15) is 4.79 Å². The Bertz CT molecular complexity index is 197. The van der Waals surface area contributed by atoms with E-state index in [2.05, 4.69) is 10.6 Å². The van der Waals surface area contributed by atoms with E-state index in [4.69, 9.17) is 4.74 Å². The van der Waals surface area contributed by atoms with Crippen molar-refractivity contribution < 1.29 is 9.53 Å². The third-order valence-corrected chi connectivity index (χ3v) is 2.88. The molecule has 0 aromatic carbocycles. The molecule has 102 valence electrons. The highest BCUT2D eigenvalue weighted by Crippen LogP contribution is 2.08. The molecular formula is C12H25ClN2O2. The van der Waals surface area contributed by atoms with Gasteiger partial charge in [0.2, 0.25) is 5.91 Å². The zero-order valence-corrected chi connectivity index (χ0v) is 11.5. The first-order valence-corrected chi connectivity index (χ1v) is 6.38. The molecule has 1 heterocycles. The van der Waals surface area contributed by atoms with E-state index in [1.54, 1.807) is 0 Å². The molecule has 1 atom stereocenters. The van der Waals surface area contributed by atoms with E-state index in [-0.39, 0.29) is 18.3 Å². The van der Waals surface area contributed by atoms with Gasteiger partial charge in [-0.15, -0.1) is 12.4 Å². The first kappa shape index (κ1) is 16.7. The van der Waals surface area contributed by atoms with Crippen molar-refractivity contribution in [3.8, 4) is 0 Å². The van der Waals surface area contributed by atoms with Crippen LogP contribution in [-0.2, 0) is 9.53 Å². The third kappa shape index (κ3) is 8.41. The summed E-state index contributed by atoms with van der Waals surface area (Å²) in [7, 11) is 0. The summed E-state index contributed by atoms with van der Waals surface area (Å²) in [5.41, 5.74) is 0. The Morgan fingerprint density at radius 3 is 3.00 bits per heavy atom. The van der Waals surface area contributed by atoms with Crippen molar-refractivity contribution >= 4 is 18.3 Å². The minimum absolute atomic E-state index is 0. The van der Waals surface area contributed by atoms with Crippen molar-refractivity contribution in [2.24, 2.45) is 5.92 Å². The SMILES string of the molecule is CCOCCCC(=O)NCC1CCCNC1.Cl. The lowest BCUT2D eigenvalue weighted by molar-refractivity contribution is -0.121. The molecule has 17 heavy (non-hydrogen) atoms.